The smallest absolute Gasteiger partial charge is 0.216 e. The largest absolute Gasteiger partial charge is 0.354 e. The van der Waals surface area contributed by atoms with Crippen LogP contribution in [0.5, 0.6) is 0 Å². The van der Waals surface area contributed by atoms with Gasteiger partial charge in [0.15, 0.2) is 8.03 Å². The first kappa shape index (κ1) is 14.9. The predicted octanol–water partition coefficient (Wildman–Crippen LogP) is 2.25. The van der Waals surface area contributed by atoms with Crippen LogP contribution in [-0.4, -0.2) is 25.2 Å². The molecule has 0 aliphatic rings. The second-order valence-corrected chi connectivity index (χ2v) is 5.58. The van der Waals surface area contributed by atoms with E-state index in [1.807, 2.05) is 18.2 Å². The van der Waals surface area contributed by atoms with E-state index >= 15 is 0 Å². The number of carbonyl (C=O) groups is 1. The molecule has 1 N–H and O–H groups in total. The highest BCUT2D eigenvalue weighted by Gasteiger charge is 2.00. The van der Waals surface area contributed by atoms with Crippen LogP contribution < -0.4 is 5.32 Å². The van der Waals surface area contributed by atoms with Gasteiger partial charge in [0, 0.05) is 19.6 Å². The molecule has 1 amide bonds. The highest BCUT2D eigenvalue weighted by molar-refractivity contribution is 7.39. The number of aryl methyl sites for hydroxylation is 1. The van der Waals surface area contributed by atoms with Crippen molar-refractivity contribution in [2.75, 3.05) is 19.3 Å². The van der Waals surface area contributed by atoms with Gasteiger partial charge in [-0.15, -0.1) is 0 Å². The van der Waals surface area contributed by atoms with Gasteiger partial charge in [-0.1, -0.05) is 30.3 Å². The van der Waals surface area contributed by atoms with Crippen LogP contribution in [0.15, 0.2) is 30.3 Å². The van der Waals surface area contributed by atoms with Crippen molar-refractivity contribution >= 4 is 13.9 Å². The quantitative estimate of drug-likeness (QED) is 0.581. The predicted molar refractivity (Wildman–Crippen MR) is 73.3 cm³/mol. The molecule has 0 aliphatic heterocycles. The van der Waals surface area contributed by atoms with Gasteiger partial charge in [0.25, 0.3) is 0 Å². The zero-order valence-corrected chi connectivity index (χ0v) is 11.6. The lowest BCUT2D eigenvalue weighted by Gasteiger charge is -2.05. The fourth-order valence-corrected chi connectivity index (χ4v) is 2.49. The van der Waals surface area contributed by atoms with E-state index in [0.29, 0.717) is 19.3 Å². The summed E-state index contributed by atoms with van der Waals surface area (Å²) in [6, 6.07) is 10.1. The monoisotopic (exact) mass is 269 g/mol. The minimum atomic E-state index is -1.96. The topological polar surface area (TPSA) is 55.4 Å². The lowest BCUT2D eigenvalue weighted by Crippen LogP contribution is -2.23. The van der Waals surface area contributed by atoms with Crippen LogP contribution in [0.1, 0.15) is 18.9 Å². The molecule has 0 saturated carbocycles. The Bertz CT molecular complexity index is 381. The first-order chi connectivity index (χ1) is 8.68. The number of benzene rings is 1. The molecule has 4 nitrogen and oxygen atoms in total. The zero-order chi connectivity index (χ0) is 13.2. The van der Waals surface area contributed by atoms with Crippen LogP contribution >= 0.6 is 8.03 Å². The Kier molecular flexibility index (Phi) is 7.38. The van der Waals surface area contributed by atoms with E-state index in [-0.39, 0.29) is 5.91 Å². The molecule has 0 spiro atoms. The van der Waals surface area contributed by atoms with Gasteiger partial charge in [0.1, 0.15) is 0 Å². The molecule has 0 radical (unpaired) electrons. The van der Waals surface area contributed by atoms with Gasteiger partial charge in [-0.25, -0.2) is 0 Å². The van der Waals surface area contributed by atoms with Gasteiger partial charge in [0.05, 0.1) is 6.61 Å². The van der Waals surface area contributed by atoms with Crippen molar-refractivity contribution in [2.24, 2.45) is 0 Å². The van der Waals surface area contributed by atoms with E-state index in [9.17, 15) is 9.36 Å². The lowest BCUT2D eigenvalue weighted by atomic mass is 10.1. The van der Waals surface area contributed by atoms with Gasteiger partial charge in [-0.2, -0.15) is 0 Å². The van der Waals surface area contributed by atoms with Crippen LogP contribution in [0.2, 0.25) is 0 Å². The van der Waals surface area contributed by atoms with Gasteiger partial charge in [-0.05, 0) is 18.4 Å². The maximum absolute atomic E-state index is 11.5. The molecule has 1 unspecified atom stereocenters. The first-order valence-electron chi connectivity index (χ1n) is 6.12. The molecule has 1 aromatic rings. The zero-order valence-electron chi connectivity index (χ0n) is 10.6. The lowest BCUT2D eigenvalue weighted by molar-refractivity contribution is -0.119. The summed E-state index contributed by atoms with van der Waals surface area (Å²) in [5.41, 5.74) is 1.26. The number of nitrogens with one attached hydrogen (secondary N) is 1. The van der Waals surface area contributed by atoms with Crippen molar-refractivity contribution in [2.45, 2.75) is 19.8 Å². The van der Waals surface area contributed by atoms with E-state index in [2.05, 4.69) is 17.4 Å². The maximum Gasteiger partial charge on any atom is 0.216 e. The van der Waals surface area contributed by atoms with Crippen LogP contribution in [0.25, 0.3) is 0 Å². The average Bonchev–Trinajstić information content (AvgIpc) is 2.36. The van der Waals surface area contributed by atoms with E-state index in [1.54, 1.807) is 0 Å². The Morgan fingerprint density at radius 2 is 2.06 bits per heavy atom. The Labute approximate surface area is 109 Å². The molecule has 0 fully saturated rings. The summed E-state index contributed by atoms with van der Waals surface area (Å²) < 4.78 is 16.7. The third-order valence-corrected chi connectivity index (χ3v) is 3.72. The van der Waals surface area contributed by atoms with Gasteiger partial charge in [0.2, 0.25) is 5.91 Å². The van der Waals surface area contributed by atoms with Crippen molar-refractivity contribution in [3.8, 4) is 0 Å². The first-order valence-corrected chi connectivity index (χ1v) is 7.65. The molecule has 100 valence electrons. The molecule has 5 heteroatoms. The molecular formula is C13H20NO3P. The molecule has 0 aromatic heterocycles. The molecule has 0 heterocycles. The number of carbonyl (C=O) groups excluding carboxylic acids is 1. The second-order valence-electron chi connectivity index (χ2n) is 4.04. The summed E-state index contributed by atoms with van der Waals surface area (Å²) in [6.45, 7) is 2.19. The van der Waals surface area contributed by atoms with E-state index < -0.39 is 8.03 Å². The molecule has 1 rings (SSSR count). The average molecular weight is 269 g/mol. The molecular weight excluding hydrogens is 249 g/mol. The van der Waals surface area contributed by atoms with Crippen molar-refractivity contribution in [1.82, 2.24) is 5.32 Å². The maximum atomic E-state index is 11.5. The van der Waals surface area contributed by atoms with Gasteiger partial charge >= 0.3 is 0 Å². The standard InChI is InChI=1S/C13H20NO3P/c1-12(15)14-9-10-17-18(16)11-5-8-13-6-3-2-4-7-13/h2-4,6-7,18H,5,8-11H2,1H3,(H,14,15). The molecule has 0 bridgehead atoms. The Balaban J connectivity index is 2.05. The van der Waals surface area contributed by atoms with Crippen LogP contribution in [0.3, 0.4) is 0 Å². The van der Waals surface area contributed by atoms with Crippen molar-refractivity contribution in [3.05, 3.63) is 35.9 Å². The molecule has 18 heavy (non-hydrogen) atoms. The van der Waals surface area contributed by atoms with E-state index in [1.165, 1.54) is 12.5 Å². The van der Waals surface area contributed by atoms with Crippen molar-refractivity contribution in [1.29, 1.82) is 0 Å². The van der Waals surface area contributed by atoms with Crippen LogP contribution in [0, 0.1) is 0 Å². The number of hydrogen-bond donors (Lipinski definition) is 1. The Hall–Kier alpha value is -1.12. The summed E-state index contributed by atoms with van der Waals surface area (Å²) in [4.78, 5) is 10.6. The number of hydrogen-bond acceptors (Lipinski definition) is 3. The SMILES string of the molecule is CC(=O)NCCO[PH](=O)CCCc1ccccc1. The highest BCUT2D eigenvalue weighted by Crippen LogP contribution is 2.23. The summed E-state index contributed by atoms with van der Waals surface area (Å²) in [7, 11) is -1.96. The molecule has 0 saturated heterocycles. The van der Waals surface area contributed by atoms with Gasteiger partial charge in [-0.3, -0.25) is 9.36 Å². The van der Waals surface area contributed by atoms with Crippen LogP contribution in [-0.2, 0) is 20.3 Å². The van der Waals surface area contributed by atoms with E-state index in [4.69, 9.17) is 4.52 Å². The third-order valence-electron chi connectivity index (χ3n) is 2.43. The highest BCUT2D eigenvalue weighted by atomic mass is 31.1. The third kappa shape index (κ3) is 7.25. The Morgan fingerprint density at radius 3 is 2.72 bits per heavy atom. The summed E-state index contributed by atoms with van der Waals surface area (Å²) in [6.07, 6.45) is 2.38. The van der Waals surface area contributed by atoms with Crippen molar-refractivity contribution < 1.29 is 13.9 Å². The molecule has 1 aromatic carbocycles. The normalized spacial score (nSPS) is 12.1. The minimum Gasteiger partial charge on any atom is -0.354 e. The fraction of sp³-hybridized carbons (Fsp3) is 0.462. The van der Waals surface area contributed by atoms with Gasteiger partial charge < -0.3 is 9.84 Å². The molecule has 1 atom stereocenters. The summed E-state index contributed by atoms with van der Waals surface area (Å²) in [5, 5.41) is 2.60. The minimum absolute atomic E-state index is 0.0950. The summed E-state index contributed by atoms with van der Waals surface area (Å²) >= 11 is 0. The van der Waals surface area contributed by atoms with Crippen molar-refractivity contribution in [3.63, 3.8) is 0 Å². The number of rotatable bonds is 8. The molecule has 0 aliphatic carbocycles. The second kappa shape index (κ2) is 8.90. The number of amides is 1. The van der Waals surface area contributed by atoms with E-state index in [0.717, 1.165) is 12.8 Å². The Morgan fingerprint density at radius 1 is 1.33 bits per heavy atom. The summed E-state index contributed by atoms with van der Waals surface area (Å²) in [5.74, 6) is -0.0950. The van der Waals surface area contributed by atoms with Crippen LogP contribution in [0.4, 0.5) is 0 Å². The fourth-order valence-electron chi connectivity index (χ4n) is 1.55.